The van der Waals surface area contributed by atoms with Crippen LogP contribution in [0.2, 0.25) is 0 Å². The lowest BCUT2D eigenvalue weighted by Crippen LogP contribution is -2.52. The Kier molecular flexibility index (Phi) is 4.51. The minimum absolute atomic E-state index is 0.295. The van der Waals surface area contributed by atoms with Crippen LogP contribution >= 0.6 is 0 Å². The Bertz CT molecular complexity index is 286. The molecule has 0 aromatic rings. The number of nitrogens with zero attached hydrogens (tertiary/aromatic N) is 1. The Morgan fingerprint density at radius 1 is 1.47 bits per heavy atom. The number of likely N-dealkylation sites (tertiary alicyclic amines) is 1. The second kappa shape index (κ2) is 5.49. The predicted octanol–water partition coefficient (Wildman–Crippen LogP) is 1.17. The zero-order valence-corrected chi connectivity index (χ0v) is 11.0. The highest BCUT2D eigenvalue weighted by molar-refractivity contribution is 5.74. The highest BCUT2D eigenvalue weighted by Gasteiger charge is 2.33. The molecule has 1 amide bonds. The maximum absolute atomic E-state index is 11.9. The quantitative estimate of drug-likeness (QED) is 0.739. The van der Waals surface area contributed by atoms with Crippen molar-refractivity contribution in [3.63, 3.8) is 0 Å². The number of carbonyl (C=O) groups is 2. The second-order valence-corrected chi connectivity index (χ2v) is 5.39. The third kappa shape index (κ3) is 4.00. The molecule has 1 saturated heterocycles. The molecule has 0 bridgehead atoms. The lowest BCUT2D eigenvalue weighted by atomic mass is 9.99. The summed E-state index contributed by atoms with van der Waals surface area (Å²) in [5.74, 6) is 0. The van der Waals surface area contributed by atoms with Crippen LogP contribution in [0.25, 0.3) is 0 Å². The number of carbonyl (C=O) groups excluding carboxylic acids is 2. The number of nitrogens with one attached hydrogen (secondary N) is 1. The van der Waals surface area contributed by atoms with Crippen LogP contribution in [-0.4, -0.2) is 48.6 Å². The van der Waals surface area contributed by atoms with Gasteiger partial charge in [-0.15, -0.1) is 0 Å². The molecule has 1 fully saturated rings. The zero-order valence-electron chi connectivity index (χ0n) is 11.0. The molecule has 2 unspecified atom stereocenters. The van der Waals surface area contributed by atoms with Gasteiger partial charge in [0.15, 0.2) is 0 Å². The molecule has 98 valence electrons. The highest BCUT2D eigenvalue weighted by atomic mass is 16.6. The topological polar surface area (TPSA) is 58.6 Å². The molecule has 5 heteroatoms. The van der Waals surface area contributed by atoms with Crippen molar-refractivity contribution in [3.05, 3.63) is 0 Å². The first kappa shape index (κ1) is 14.0. The Morgan fingerprint density at radius 2 is 2.12 bits per heavy atom. The van der Waals surface area contributed by atoms with Gasteiger partial charge in [-0.25, -0.2) is 4.79 Å². The summed E-state index contributed by atoms with van der Waals surface area (Å²) in [7, 11) is 1.87. The standard InChI is InChI=1S/C12H22N2O3/c1-12(2,3)17-11(16)14-6-5-9(13-4)7-10(14)8-15/h8-10,13H,5-7H2,1-4H3. The van der Waals surface area contributed by atoms with E-state index in [0.29, 0.717) is 19.0 Å². The van der Waals surface area contributed by atoms with Crippen LogP contribution in [0.4, 0.5) is 4.79 Å². The van der Waals surface area contributed by atoms with E-state index in [2.05, 4.69) is 5.32 Å². The number of hydrogen-bond acceptors (Lipinski definition) is 4. The summed E-state index contributed by atoms with van der Waals surface area (Å²) in [4.78, 5) is 24.4. The van der Waals surface area contributed by atoms with Crippen molar-refractivity contribution >= 4 is 12.4 Å². The van der Waals surface area contributed by atoms with E-state index in [9.17, 15) is 9.59 Å². The van der Waals surface area contributed by atoms with E-state index >= 15 is 0 Å². The fourth-order valence-electron chi connectivity index (χ4n) is 1.94. The number of ether oxygens (including phenoxy) is 1. The van der Waals surface area contributed by atoms with Crippen LogP contribution in [0.15, 0.2) is 0 Å². The zero-order chi connectivity index (χ0) is 13.1. The van der Waals surface area contributed by atoms with Crippen molar-refractivity contribution in [2.24, 2.45) is 0 Å². The van der Waals surface area contributed by atoms with Gasteiger partial charge in [-0.1, -0.05) is 0 Å². The average Bonchev–Trinajstić information content (AvgIpc) is 2.25. The predicted molar refractivity (Wildman–Crippen MR) is 64.9 cm³/mol. The van der Waals surface area contributed by atoms with E-state index in [4.69, 9.17) is 4.74 Å². The molecule has 0 spiro atoms. The van der Waals surface area contributed by atoms with E-state index in [0.717, 1.165) is 12.7 Å². The molecule has 0 aromatic heterocycles. The van der Waals surface area contributed by atoms with Crippen LogP contribution in [0.5, 0.6) is 0 Å². The number of hydrogen-bond donors (Lipinski definition) is 1. The molecule has 0 aliphatic carbocycles. The van der Waals surface area contributed by atoms with Gasteiger partial charge < -0.3 is 14.8 Å². The van der Waals surface area contributed by atoms with Gasteiger partial charge in [0.05, 0.1) is 6.04 Å². The van der Waals surface area contributed by atoms with Gasteiger partial charge in [-0.2, -0.15) is 0 Å². The van der Waals surface area contributed by atoms with Crippen LogP contribution < -0.4 is 5.32 Å². The van der Waals surface area contributed by atoms with E-state index in [1.807, 2.05) is 27.8 Å². The van der Waals surface area contributed by atoms with Gasteiger partial charge in [0.25, 0.3) is 0 Å². The van der Waals surface area contributed by atoms with Crippen LogP contribution in [0.3, 0.4) is 0 Å². The van der Waals surface area contributed by atoms with Crippen LogP contribution in [-0.2, 0) is 9.53 Å². The molecule has 0 radical (unpaired) electrons. The van der Waals surface area contributed by atoms with Gasteiger partial charge in [-0.05, 0) is 40.7 Å². The van der Waals surface area contributed by atoms with Gasteiger partial charge in [0, 0.05) is 12.6 Å². The van der Waals surface area contributed by atoms with Crippen molar-refractivity contribution < 1.29 is 14.3 Å². The van der Waals surface area contributed by atoms with Gasteiger partial charge in [-0.3, -0.25) is 4.90 Å². The minimum Gasteiger partial charge on any atom is -0.444 e. The summed E-state index contributed by atoms with van der Waals surface area (Å²) in [6.07, 6.45) is 1.93. The normalized spacial score (nSPS) is 25.5. The van der Waals surface area contributed by atoms with E-state index in [1.54, 1.807) is 0 Å². The third-order valence-electron chi connectivity index (χ3n) is 2.84. The molecule has 5 nitrogen and oxygen atoms in total. The minimum atomic E-state index is -0.523. The Hall–Kier alpha value is -1.10. The van der Waals surface area contributed by atoms with Crippen LogP contribution in [0.1, 0.15) is 33.6 Å². The first-order valence-corrected chi connectivity index (χ1v) is 5.99. The Morgan fingerprint density at radius 3 is 2.59 bits per heavy atom. The van der Waals surface area contributed by atoms with E-state index in [-0.39, 0.29) is 6.04 Å². The first-order valence-electron chi connectivity index (χ1n) is 5.99. The molecule has 17 heavy (non-hydrogen) atoms. The summed E-state index contributed by atoms with van der Waals surface area (Å²) < 4.78 is 5.29. The van der Waals surface area contributed by atoms with Crippen molar-refractivity contribution in [2.75, 3.05) is 13.6 Å². The molecule has 0 saturated carbocycles. The molecule has 1 heterocycles. The molecule has 1 aliphatic rings. The molecule has 1 N–H and O–H groups in total. The molecule has 0 aromatic carbocycles. The van der Waals surface area contributed by atoms with Crippen molar-refractivity contribution in [3.8, 4) is 0 Å². The van der Waals surface area contributed by atoms with E-state index < -0.39 is 11.7 Å². The maximum Gasteiger partial charge on any atom is 0.410 e. The summed E-state index contributed by atoms with van der Waals surface area (Å²) in [6.45, 7) is 6.02. The molecular formula is C12H22N2O3. The number of piperidine rings is 1. The fourth-order valence-corrected chi connectivity index (χ4v) is 1.94. The van der Waals surface area contributed by atoms with Crippen molar-refractivity contribution in [1.82, 2.24) is 10.2 Å². The Balaban J connectivity index is 2.64. The van der Waals surface area contributed by atoms with Gasteiger partial charge in [0.1, 0.15) is 11.9 Å². The van der Waals surface area contributed by atoms with Gasteiger partial charge >= 0.3 is 6.09 Å². The monoisotopic (exact) mass is 242 g/mol. The molecule has 1 aliphatic heterocycles. The molecule has 2 atom stereocenters. The molecule has 1 rings (SSSR count). The maximum atomic E-state index is 11.9. The summed E-state index contributed by atoms with van der Waals surface area (Å²) >= 11 is 0. The fraction of sp³-hybridized carbons (Fsp3) is 0.833. The number of amides is 1. The largest absolute Gasteiger partial charge is 0.444 e. The number of aldehydes is 1. The summed E-state index contributed by atoms with van der Waals surface area (Å²) in [5, 5.41) is 3.14. The smallest absolute Gasteiger partial charge is 0.410 e. The summed E-state index contributed by atoms with van der Waals surface area (Å²) in [5.41, 5.74) is -0.523. The lowest BCUT2D eigenvalue weighted by molar-refractivity contribution is -0.113. The van der Waals surface area contributed by atoms with Crippen molar-refractivity contribution in [2.45, 2.75) is 51.3 Å². The third-order valence-corrected chi connectivity index (χ3v) is 2.84. The highest BCUT2D eigenvalue weighted by Crippen LogP contribution is 2.19. The lowest BCUT2D eigenvalue weighted by Gasteiger charge is -2.37. The number of rotatable bonds is 2. The Labute approximate surface area is 102 Å². The average molecular weight is 242 g/mol. The van der Waals surface area contributed by atoms with Crippen molar-refractivity contribution in [1.29, 1.82) is 0 Å². The second-order valence-electron chi connectivity index (χ2n) is 5.39. The van der Waals surface area contributed by atoms with Gasteiger partial charge in [0.2, 0.25) is 0 Å². The van der Waals surface area contributed by atoms with Crippen LogP contribution in [0, 0.1) is 0 Å². The molecular weight excluding hydrogens is 220 g/mol. The summed E-state index contributed by atoms with van der Waals surface area (Å²) in [6, 6.07) is -0.0834. The first-order chi connectivity index (χ1) is 7.87. The van der Waals surface area contributed by atoms with E-state index in [1.165, 1.54) is 4.90 Å². The SMILES string of the molecule is CNC1CCN(C(=O)OC(C)(C)C)C(C=O)C1.